The molecule has 2 saturated heterocycles. The minimum Gasteiger partial charge on any atom is -0.484 e. The van der Waals surface area contributed by atoms with Crippen LogP contribution < -0.4 is 14.8 Å². The van der Waals surface area contributed by atoms with E-state index in [0.29, 0.717) is 41.2 Å². The number of alkyl halides is 3. The SMILES string of the molecule is N#Cc1cc(Cl)cc2c1C[C@H](N1CCN(C(=O)C(F)(F)F)CC1)[C@H]2Oc1ccc(S(=O)(=O)NC2CCNCC2)cc1. The molecule has 0 bridgehead atoms. The van der Waals surface area contributed by atoms with Crippen molar-refractivity contribution in [2.24, 2.45) is 0 Å². The van der Waals surface area contributed by atoms with Crippen molar-refractivity contribution in [3.63, 3.8) is 0 Å². The number of nitrogens with one attached hydrogen (secondary N) is 2. The molecule has 1 amide bonds. The predicted molar refractivity (Wildman–Crippen MR) is 144 cm³/mol. The number of nitriles is 1. The lowest BCUT2D eigenvalue weighted by Crippen LogP contribution is -2.55. The Hall–Kier alpha value is -2.89. The fourth-order valence-electron chi connectivity index (χ4n) is 5.73. The molecular weight excluding hydrogens is 583 g/mol. The number of benzene rings is 2. The summed E-state index contributed by atoms with van der Waals surface area (Å²) in [4.78, 5) is 14.6. The molecule has 0 saturated carbocycles. The van der Waals surface area contributed by atoms with Crippen molar-refractivity contribution in [3.8, 4) is 11.8 Å². The average molecular weight is 612 g/mol. The van der Waals surface area contributed by atoms with Crippen LogP contribution in [0.2, 0.25) is 5.02 Å². The number of hydrogen-bond acceptors (Lipinski definition) is 7. The Labute approximate surface area is 241 Å². The highest BCUT2D eigenvalue weighted by molar-refractivity contribution is 7.89. The number of nitrogens with zero attached hydrogens (tertiary/aromatic N) is 3. The lowest BCUT2D eigenvalue weighted by Gasteiger charge is -2.40. The number of amides is 1. The Bertz CT molecular complexity index is 1430. The predicted octanol–water partition coefficient (Wildman–Crippen LogP) is 2.99. The number of piperidine rings is 1. The molecule has 3 aliphatic rings. The minimum atomic E-state index is -4.93. The van der Waals surface area contributed by atoms with Crippen molar-refractivity contribution < 1.29 is 31.1 Å². The number of sulfonamides is 1. The summed E-state index contributed by atoms with van der Waals surface area (Å²) in [6, 6.07) is 11.0. The van der Waals surface area contributed by atoms with E-state index in [1.54, 1.807) is 24.3 Å². The normalized spacial score (nSPS) is 22.3. The Morgan fingerprint density at radius 3 is 2.37 bits per heavy atom. The van der Waals surface area contributed by atoms with Gasteiger partial charge in [-0.2, -0.15) is 18.4 Å². The number of carbonyl (C=O) groups excluding carboxylic acids is 1. The van der Waals surface area contributed by atoms with Gasteiger partial charge < -0.3 is 15.0 Å². The molecular formula is C27H29ClF3N5O4S. The van der Waals surface area contributed by atoms with Crippen LogP contribution in [0.3, 0.4) is 0 Å². The molecule has 2 atom stereocenters. The van der Waals surface area contributed by atoms with Gasteiger partial charge >= 0.3 is 12.1 Å². The molecule has 0 radical (unpaired) electrons. The van der Waals surface area contributed by atoms with Crippen LogP contribution in [-0.2, 0) is 21.2 Å². The van der Waals surface area contributed by atoms with E-state index in [0.717, 1.165) is 23.6 Å². The largest absolute Gasteiger partial charge is 0.484 e. The molecule has 2 aliphatic heterocycles. The summed E-state index contributed by atoms with van der Waals surface area (Å²) in [6.07, 6.45) is -3.75. The summed E-state index contributed by atoms with van der Waals surface area (Å²) in [5, 5.41) is 13.3. The van der Waals surface area contributed by atoms with Crippen LogP contribution in [0.25, 0.3) is 0 Å². The number of halogens is 4. The monoisotopic (exact) mass is 611 g/mol. The third kappa shape index (κ3) is 6.47. The van der Waals surface area contributed by atoms with Crippen molar-refractivity contribution >= 4 is 27.5 Å². The number of ether oxygens (including phenoxy) is 1. The number of piperazine rings is 1. The van der Waals surface area contributed by atoms with Gasteiger partial charge in [0.05, 0.1) is 22.6 Å². The second-order valence-electron chi connectivity index (χ2n) is 10.4. The third-order valence-corrected chi connectivity index (χ3v) is 9.56. The molecule has 0 spiro atoms. The van der Waals surface area contributed by atoms with E-state index < -0.39 is 28.2 Å². The quantitative estimate of drug-likeness (QED) is 0.516. The molecule has 41 heavy (non-hydrogen) atoms. The summed E-state index contributed by atoms with van der Waals surface area (Å²) in [6.45, 7) is 1.68. The molecule has 14 heteroatoms. The van der Waals surface area contributed by atoms with Crippen molar-refractivity contribution in [1.82, 2.24) is 19.8 Å². The standard InChI is InChI=1S/C27H29ClF3N5O4S/c28-18-13-17(16-32)22-15-24(35-9-11-36(12-10-35)26(37)27(29,30)31)25(23(22)14-18)40-20-1-3-21(4-2-20)41(38,39)34-19-5-7-33-8-6-19/h1-4,13-14,19,24-25,33-34H,5-12,15H2/t24-,25-/m0/s1. The molecule has 1 aliphatic carbocycles. The zero-order valence-corrected chi connectivity index (χ0v) is 23.5. The van der Waals surface area contributed by atoms with Gasteiger partial charge in [0, 0.05) is 37.2 Å². The molecule has 2 aromatic carbocycles. The Kier molecular flexibility index (Phi) is 8.50. The Morgan fingerprint density at radius 1 is 1.10 bits per heavy atom. The highest BCUT2D eigenvalue weighted by Gasteiger charge is 2.45. The van der Waals surface area contributed by atoms with E-state index in [4.69, 9.17) is 16.3 Å². The van der Waals surface area contributed by atoms with Gasteiger partial charge in [0.25, 0.3) is 0 Å². The lowest BCUT2D eigenvalue weighted by atomic mass is 10.0. The van der Waals surface area contributed by atoms with E-state index in [-0.39, 0.29) is 43.2 Å². The minimum absolute atomic E-state index is 0.0968. The first-order valence-corrected chi connectivity index (χ1v) is 15.1. The van der Waals surface area contributed by atoms with Gasteiger partial charge in [0.2, 0.25) is 10.0 Å². The summed E-state index contributed by atoms with van der Waals surface area (Å²) >= 11 is 6.31. The number of hydrogen-bond donors (Lipinski definition) is 2. The first-order valence-electron chi connectivity index (χ1n) is 13.3. The molecule has 2 aromatic rings. The molecule has 220 valence electrons. The average Bonchev–Trinajstić information content (AvgIpc) is 3.30. The zero-order chi connectivity index (χ0) is 29.4. The summed E-state index contributed by atoms with van der Waals surface area (Å²) in [5.41, 5.74) is 1.82. The van der Waals surface area contributed by atoms with Crippen molar-refractivity contribution in [2.45, 2.75) is 48.5 Å². The van der Waals surface area contributed by atoms with Crippen LogP contribution in [0.1, 0.15) is 35.6 Å². The van der Waals surface area contributed by atoms with Crippen molar-refractivity contribution in [1.29, 1.82) is 5.26 Å². The third-order valence-electron chi connectivity index (χ3n) is 7.81. The second kappa shape index (κ2) is 11.8. The molecule has 2 fully saturated rings. The van der Waals surface area contributed by atoms with Crippen LogP contribution in [-0.4, -0.2) is 81.7 Å². The van der Waals surface area contributed by atoms with Gasteiger partial charge in [-0.3, -0.25) is 9.69 Å². The van der Waals surface area contributed by atoms with Crippen LogP contribution in [0.15, 0.2) is 41.3 Å². The molecule has 0 unspecified atom stereocenters. The molecule has 0 aromatic heterocycles. The van der Waals surface area contributed by atoms with Crippen LogP contribution in [0.4, 0.5) is 13.2 Å². The van der Waals surface area contributed by atoms with E-state index >= 15 is 0 Å². The maximum Gasteiger partial charge on any atom is 0.471 e. The van der Waals surface area contributed by atoms with Crippen molar-refractivity contribution in [3.05, 3.63) is 58.1 Å². The van der Waals surface area contributed by atoms with E-state index in [9.17, 15) is 31.6 Å². The van der Waals surface area contributed by atoms with E-state index in [1.807, 2.05) is 4.90 Å². The van der Waals surface area contributed by atoms with Gasteiger partial charge in [-0.15, -0.1) is 0 Å². The summed E-state index contributed by atoms with van der Waals surface area (Å²) in [5.74, 6) is -1.47. The maximum atomic E-state index is 12.9. The fraction of sp³-hybridized carbons (Fsp3) is 0.481. The second-order valence-corrected chi connectivity index (χ2v) is 12.5. The Morgan fingerprint density at radius 2 is 1.76 bits per heavy atom. The topological polar surface area (TPSA) is 115 Å². The molecule has 2 heterocycles. The van der Waals surface area contributed by atoms with E-state index in [2.05, 4.69) is 16.1 Å². The van der Waals surface area contributed by atoms with Gasteiger partial charge in [0.1, 0.15) is 11.9 Å². The first kappa shape index (κ1) is 29.6. The first-order chi connectivity index (χ1) is 19.5. The smallest absolute Gasteiger partial charge is 0.471 e. The zero-order valence-electron chi connectivity index (χ0n) is 22.0. The highest BCUT2D eigenvalue weighted by Crippen LogP contribution is 2.41. The number of rotatable bonds is 6. The van der Waals surface area contributed by atoms with Gasteiger partial charge in [0.15, 0.2) is 0 Å². The lowest BCUT2D eigenvalue weighted by molar-refractivity contribution is -0.187. The molecule has 5 rings (SSSR count). The van der Waals surface area contributed by atoms with E-state index in [1.165, 1.54) is 12.1 Å². The van der Waals surface area contributed by atoms with Crippen molar-refractivity contribution in [2.75, 3.05) is 39.3 Å². The summed E-state index contributed by atoms with van der Waals surface area (Å²) < 4.78 is 73.8. The maximum absolute atomic E-state index is 12.9. The summed E-state index contributed by atoms with van der Waals surface area (Å²) in [7, 11) is -3.73. The van der Waals surface area contributed by atoms with Crippen LogP contribution >= 0.6 is 11.6 Å². The van der Waals surface area contributed by atoms with Gasteiger partial charge in [-0.05, 0) is 79.9 Å². The number of carbonyl (C=O) groups is 1. The van der Waals surface area contributed by atoms with Crippen LogP contribution in [0.5, 0.6) is 5.75 Å². The Balaban J connectivity index is 1.36. The molecule has 9 nitrogen and oxygen atoms in total. The highest BCUT2D eigenvalue weighted by atomic mass is 35.5. The molecule has 2 N–H and O–H groups in total. The fourth-order valence-corrected chi connectivity index (χ4v) is 7.26. The van der Waals surface area contributed by atoms with Gasteiger partial charge in [-0.25, -0.2) is 13.1 Å². The van der Waals surface area contributed by atoms with Gasteiger partial charge in [-0.1, -0.05) is 11.6 Å². The number of fused-ring (bicyclic) bond motifs is 1. The van der Waals surface area contributed by atoms with Crippen LogP contribution in [0, 0.1) is 11.3 Å².